The highest BCUT2D eigenvalue weighted by atomic mass is 19.4. The second kappa shape index (κ2) is 8.66. The standard InChI is InChI=1S/C25H18F4N2O3/c1-13(32)30-20-12-16(14-5-9-18(34-2)10-6-14)11-19-21(24(33)25(27,28)29)22(31-23(19)20)15-3-7-17(26)8-4-15/h3-12,31H,1-2H3,(H,30,32). The highest BCUT2D eigenvalue weighted by Gasteiger charge is 2.42. The van der Waals surface area contributed by atoms with Crippen LogP contribution in [0, 0.1) is 5.82 Å². The number of amides is 1. The molecule has 5 nitrogen and oxygen atoms in total. The summed E-state index contributed by atoms with van der Waals surface area (Å²) in [6, 6.07) is 14.5. The highest BCUT2D eigenvalue weighted by Crippen LogP contribution is 2.40. The number of nitrogens with one attached hydrogen (secondary N) is 2. The number of H-pyrrole nitrogens is 1. The summed E-state index contributed by atoms with van der Waals surface area (Å²) < 4.78 is 59.4. The molecule has 0 radical (unpaired) electrons. The van der Waals surface area contributed by atoms with Crippen molar-refractivity contribution in [1.29, 1.82) is 0 Å². The second-order valence-corrected chi connectivity index (χ2v) is 7.56. The van der Waals surface area contributed by atoms with Crippen LogP contribution in [0.15, 0.2) is 60.7 Å². The van der Waals surface area contributed by atoms with E-state index in [2.05, 4.69) is 10.3 Å². The van der Waals surface area contributed by atoms with E-state index < -0.39 is 29.2 Å². The fourth-order valence-corrected chi connectivity index (χ4v) is 3.75. The number of ether oxygens (including phenoxy) is 1. The fourth-order valence-electron chi connectivity index (χ4n) is 3.75. The van der Waals surface area contributed by atoms with Crippen LogP contribution in [0.1, 0.15) is 17.3 Å². The molecule has 0 fully saturated rings. The zero-order valence-electron chi connectivity index (χ0n) is 18.0. The quantitative estimate of drug-likeness (QED) is 0.264. The predicted octanol–water partition coefficient (Wildman–Crippen LogP) is 6.35. The van der Waals surface area contributed by atoms with Gasteiger partial charge in [-0.3, -0.25) is 9.59 Å². The number of carbonyl (C=O) groups excluding carboxylic acids is 2. The molecule has 0 unspecified atom stereocenters. The number of anilines is 1. The normalized spacial score (nSPS) is 11.5. The van der Waals surface area contributed by atoms with E-state index in [0.29, 0.717) is 16.9 Å². The first kappa shape index (κ1) is 23.0. The molecule has 0 aliphatic heterocycles. The Kier molecular flexibility index (Phi) is 5.87. The third-order valence-electron chi connectivity index (χ3n) is 5.26. The van der Waals surface area contributed by atoms with E-state index in [4.69, 9.17) is 4.74 Å². The molecule has 0 aliphatic rings. The van der Waals surface area contributed by atoms with E-state index in [1.807, 2.05) is 0 Å². The number of aromatic nitrogens is 1. The molecule has 1 amide bonds. The van der Waals surface area contributed by atoms with Crippen LogP contribution in [0.25, 0.3) is 33.3 Å². The molecule has 0 saturated carbocycles. The lowest BCUT2D eigenvalue weighted by molar-refractivity contribution is -0.114. The molecule has 9 heteroatoms. The third-order valence-corrected chi connectivity index (χ3v) is 5.26. The van der Waals surface area contributed by atoms with Crippen LogP contribution < -0.4 is 10.1 Å². The molecule has 2 N–H and O–H groups in total. The average molecular weight is 470 g/mol. The zero-order valence-corrected chi connectivity index (χ0v) is 18.0. The summed E-state index contributed by atoms with van der Waals surface area (Å²) in [5, 5.41) is 2.58. The summed E-state index contributed by atoms with van der Waals surface area (Å²) >= 11 is 0. The van der Waals surface area contributed by atoms with E-state index in [-0.39, 0.29) is 27.8 Å². The summed E-state index contributed by atoms with van der Waals surface area (Å²) in [6.45, 7) is 1.26. The maximum atomic E-state index is 13.6. The molecule has 4 rings (SSSR count). The molecule has 0 spiro atoms. The smallest absolute Gasteiger partial charge is 0.454 e. The minimum Gasteiger partial charge on any atom is -0.497 e. The van der Waals surface area contributed by atoms with Gasteiger partial charge in [0.1, 0.15) is 11.6 Å². The van der Waals surface area contributed by atoms with Gasteiger partial charge in [0.15, 0.2) is 0 Å². The number of carbonyl (C=O) groups is 2. The molecule has 174 valence electrons. The van der Waals surface area contributed by atoms with Crippen LogP contribution in [0.4, 0.5) is 23.2 Å². The lowest BCUT2D eigenvalue weighted by Gasteiger charge is -2.11. The van der Waals surface area contributed by atoms with Crippen LogP contribution in [-0.2, 0) is 4.79 Å². The molecule has 34 heavy (non-hydrogen) atoms. The summed E-state index contributed by atoms with van der Waals surface area (Å²) in [6.07, 6.45) is -5.16. The fraction of sp³-hybridized carbons (Fsp3) is 0.120. The summed E-state index contributed by atoms with van der Waals surface area (Å²) in [5.41, 5.74) is 0.876. The number of hydrogen-bond donors (Lipinski definition) is 2. The number of benzene rings is 3. The maximum absolute atomic E-state index is 13.6. The van der Waals surface area contributed by atoms with Gasteiger partial charge in [0.2, 0.25) is 5.91 Å². The first-order valence-corrected chi connectivity index (χ1v) is 10.1. The van der Waals surface area contributed by atoms with Crippen LogP contribution in [-0.4, -0.2) is 30.0 Å². The zero-order chi connectivity index (χ0) is 24.6. The predicted molar refractivity (Wildman–Crippen MR) is 120 cm³/mol. The number of rotatable bonds is 5. The van der Waals surface area contributed by atoms with Crippen molar-refractivity contribution >= 4 is 28.3 Å². The lowest BCUT2D eigenvalue weighted by Crippen LogP contribution is -2.23. The van der Waals surface area contributed by atoms with Crippen molar-refractivity contribution in [2.24, 2.45) is 0 Å². The number of methoxy groups -OCH3 is 1. The van der Waals surface area contributed by atoms with Gasteiger partial charge in [0, 0.05) is 12.3 Å². The molecule has 0 bridgehead atoms. The van der Waals surface area contributed by atoms with E-state index in [0.717, 1.165) is 12.1 Å². The van der Waals surface area contributed by atoms with Crippen LogP contribution in [0.3, 0.4) is 0 Å². The van der Waals surface area contributed by atoms with Gasteiger partial charge in [-0.1, -0.05) is 12.1 Å². The van der Waals surface area contributed by atoms with Crippen LogP contribution >= 0.6 is 0 Å². The number of Topliss-reactive ketones (excluding diaryl/α,β-unsaturated/α-hetero) is 1. The topological polar surface area (TPSA) is 71.2 Å². The van der Waals surface area contributed by atoms with Gasteiger partial charge in [0.05, 0.1) is 29.6 Å². The summed E-state index contributed by atoms with van der Waals surface area (Å²) in [7, 11) is 1.50. The number of fused-ring (bicyclic) bond motifs is 1. The Morgan fingerprint density at radius 2 is 1.53 bits per heavy atom. The molecular weight excluding hydrogens is 452 g/mol. The minimum atomic E-state index is -5.16. The maximum Gasteiger partial charge on any atom is 0.454 e. The number of hydrogen-bond acceptors (Lipinski definition) is 3. The van der Waals surface area contributed by atoms with Crippen LogP contribution in [0.2, 0.25) is 0 Å². The van der Waals surface area contributed by atoms with Gasteiger partial charge in [-0.2, -0.15) is 13.2 Å². The Hall–Kier alpha value is -4.14. The Balaban J connectivity index is 2.05. The second-order valence-electron chi connectivity index (χ2n) is 7.56. The number of aromatic amines is 1. The average Bonchev–Trinajstić information content (AvgIpc) is 3.17. The Bertz CT molecular complexity index is 1390. The van der Waals surface area contributed by atoms with Crippen molar-refractivity contribution in [1.82, 2.24) is 4.98 Å². The van der Waals surface area contributed by atoms with Crippen LogP contribution in [0.5, 0.6) is 5.75 Å². The minimum absolute atomic E-state index is 0.0290. The van der Waals surface area contributed by atoms with E-state index in [1.165, 1.54) is 32.2 Å². The molecule has 3 aromatic carbocycles. The summed E-state index contributed by atoms with van der Waals surface area (Å²) in [4.78, 5) is 27.2. The number of alkyl halides is 3. The van der Waals surface area contributed by atoms with Gasteiger partial charge >= 0.3 is 6.18 Å². The molecule has 0 atom stereocenters. The highest BCUT2D eigenvalue weighted by molar-refractivity contribution is 6.18. The van der Waals surface area contributed by atoms with Crippen molar-refractivity contribution < 1.29 is 31.9 Å². The molecule has 1 aromatic heterocycles. The number of halogens is 4. The Labute approximate surface area is 191 Å². The van der Waals surface area contributed by atoms with Crippen molar-refractivity contribution in [2.45, 2.75) is 13.1 Å². The van der Waals surface area contributed by atoms with E-state index >= 15 is 0 Å². The number of ketones is 1. The first-order chi connectivity index (χ1) is 16.1. The largest absolute Gasteiger partial charge is 0.497 e. The third kappa shape index (κ3) is 4.36. The monoisotopic (exact) mass is 470 g/mol. The molecule has 1 heterocycles. The van der Waals surface area contributed by atoms with Gasteiger partial charge in [-0.05, 0) is 65.2 Å². The van der Waals surface area contributed by atoms with Gasteiger partial charge in [-0.15, -0.1) is 0 Å². The lowest BCUT2D eigenvalue weighted by atomic mass is 9.97. The van der Waals surface area contributed by atoms with Crippen molar-refractivity contribution in [3.05, 3.63) is 72.0 Å². The van der Waals surface area contributed by atoms with Crippen molar-refractivity contribution in [3.63, 3.8) is 0 Å². The van der Waals surface area contributed by atoms with Crippen molar-refractivity contribution in [2.75, 3.05) is 12.4 Å². The van der Waals surface area contributed by atoms with Gasteiger partial charge < -0.3 is 15.0 Å². The SMILES string of the molecule is COc1ccc(-c2cc(NC(C)=O)c3[nH]c(-c4ccc(F)cc4)c(C(=O)C(F)(F)F)c3c2)cc1. The van der Waals surface area contributed by atoms with Gasteiger partial charge in [0.25, 0.3) is 5.78 Å². The molecular formula is C25H18F4N2O3. The first-order valence-electron chi connectivity index (χ1n) is 10.1. The Morgan fingerprint density at radius 1 is 0.912 bits per heavy atom. The van der Waals surface area contributed by atoms with Gasteiger partial charge in [-0.25, -0.2) is 4.39 Å². The summed E-state index contributed by atoms with van der Waals surface area (Å²) in [5.74, 6) is -2.50. The Morgan fingerprint density at radius 3 is 2.09 bits per heavy atom. The van der Waals surface area contributed by atoms with E-state index in [9.17, 15) is 27.2 Å². The molecule has 0 saturated heterocycles. The van der Waals surface area contributed by atoms with Crippen molar-refractivity contribution in [3.8, 4) is 28.1 Å². The van der Waals surface area contributed by atoms with E-state index in [1.54, 1.807) is 30.3 Å². The molecule has 0 aliphatic carbocycles. The molecule has 4 aromatic rings.